The molecule has 0 radical (unpaired) electrons. The molecule has 96 valence electrons. The summed E-state index contributed by atoms with van der Waals surface area (Å²) < 4.78 is 7.04. The summed E-state index contributed by atoms with van der Waals surface area (Å²) in [6.45, 7) is 0.905. The van der Waals surface area contributed by atoms with Crippen LogP contribution in [0.15, 0.2) is 24.3 Å². The molecule has 4 heteroatoms. The van der Waals surface area contributed by atoms with E-state index in [0.29, 0.717) is 12.1 Å². The third-order valence-corrected chi connectivity index (χ3v) is 4.58. The van der Waals surface area contributed by atoms with E-state index in [-0.39, 0.29) is 0 Å². The van der Waals surface area contributed by atoms with Crippen LogP contribution in [0.5, 0.6) is 0 Å². The minimum atomic E-state index is 0.349. The van der Waals surface area contributed by atoms with E-state index in [1.807, 2.05) is 13.1 Å². The predicted octanol–water partition coefficient (Wildman–Crippen LogP) is 2.61. The molecular formula is C14H18N2OS. The van der Waals surface area contributed by atoms with Gasteiger partial charge in [-0.25, -0.2) is 4.98 Å². The van der Waals surface area contributed by atoms with Crippen molar-refractivity contribution in [3.8, 4) is 0 Å². The molecule has 0 amide bonds. The van der Waals surface area contributed by atoms with Gasteiger partial charge in [-0.3, -0.25) is 0 Å². The standard InChI is InChI=1S/C14H18N2OS/c1-15-11(12-6-4-8-17-12)9-14-16-10-5-2-3-7-13(10)18-14/h2-3,5,7,11-12,15H,4,6,8-9H2,1H3. The highest BCUT2D eigenvalue weighted by molar-refractivity contribution is 7.18. The van der Waals surface area contributed by atoms with Crippen LogP contribution in [0.1, 0.15) is 17.8 Å². The predicted molar refractivity (Wildman–Crippen MR) is 75.1 cm³/mol. The van der Waals surface area contributed by atoms with Crippen LogP contribution >= 0.6 is 11.3 Å². The van der Waals surface area contributed by atoms with E-state index >= 15 is 0 Å². The fraction of sp³-hybridized carbons (Fsp3) is 0.500. The number of thiazole rings is 1. The van der Waals surface area contributed by atoms with Gasteiger partial charge in [-0.1, -0.05) is 12.1 Å². The third kappa shape index (κ3) is 2.41. The molecule has 3 nitrogen and oxygen atoms in total. The first-order chi connectivity index (χ1) is 8.86. The lowest BCUT2D eigenvalue weighted by molar-refractivity contribution is 0.0808. The maximum atomic E-state index is 5.77. The summed E-state index contributed by atoms with van der Waals surface area (Å²) in [5.74, 6) is 0. The van der Waals surface area contributed by atoms with E-state index in [2.05, 4.69) is 23.5 Å². The number of ether oxygens (including phenoxy) is 1. The number of rotatable bonds is 4. The van der Waals surface area contributed by atoms with Crippen molar-refractivity contribution in [3.63, 3.8) is 0 Å². The molecule has 1 aliphatic rings. The molecule has 1 fully saturated rings. The van der Waals surface area contributed by atoms with Crippen LogP contribution in [0, 0.1) is 0 Å². The Kier molecular flexibility index (Phi) is 3.59. The normalized spacial score (nSPS) is 21.5. The molecule has 0 spiro atoms. The lowest BCUT2D eigenvalue weighted by atomic mass is 10.1. The van der Waals surface area contributed by atoms with Crippen molar-refractivity contribution in [1.82, 2.24) is 10.3 Å². The number of hydrogen-bond acceptors (Lipinski definition) is 4. The average Bonchev–Trinajstić information content (AvgIpc) is 3.04. The van der Waals surface area contributed by atoms with Gasteiger partial charge in [0.15, 0.2) is 0 Å². The van der Waals surface area contributed by atoms with Crippen LogP contribution < -0.4 is 5.32 Å². The van der Waals surface area contributed by atoms with E-state index in [9.17, 15) is 0 Å². The largest absolute Gasteiger partial charge is 0.377 e. The zero-order valence-electron chi connectivity index (χ0n) is 10.6. The summed E-state index contributed by atoms with van der Waals surface area (Å²) in [6, 6.07) is 8.71. The second kappa shape index (κ2) is 5.34. The molecule has 2 atom stereocenters. The zero-order chi connectivity index (χ0) is 12.4. The van der Waals surface area contributed by atoms with Crippen LogP contribution in [-0.2, 0) is 11.2 Å². The number of nitrogens with one attached hydrogen (secondary N) is 1. The quantitative estimate of drug-likeness (QED) is 0.919. The summed E-state index contributed by atoms with van der Waals surface area (Å²) in [6.07, 6.45) is 3.65. The number of benzene rings is 1. The average molecular weight is 262 g/mol. The van der Waals surface area contributed by atoms with Crippen LogP contribution in [0.2, 0.25) is 0 Å². The molecule has 0 bridgehead atoms. The van der Waals surface area contributed by atoms with Crippen LogP contribution in [0.25, 0.3) is 10.2 Å². The summed E-state index contributed by atoms with van der Waals surface area (Å²) in [7, 11) is 2.01. The van der Waals surface area contributed by atoms with Crippen LogP contribution in [0.4, 0.5) is 0 Å². The van der Waals surface area contributed by atoms with E-state index in [0.717, 1.165) is 25.0 Å². The van der Waals surface area contributed by atoms with Gasteiger partial charge in [-0.2, -0.15) is 0 Å². The van der Waals surface area contributed by atoms with Gasteiger partial charge >= 0.3 is 0 Å². The number of fused-ring (bicyclic) bond motifs is 1. The van der Waals surface area contributed by atoms with E-state index < -0.39 is 0 Å². The highest BCUT2D eigenvalue weighted by Gasteiger charge is 2.25. The third-order valence-electron chi connectivity index (χ3n) is 3.52. The number of likely N-dealkylation sites (N-methyl/N-ethyl adjacent to an activating group) is 1. The molecule has 0 aliphatic carbocycles. The fourth-order valence-electron chi connectivity index (χ4n) is 2.53. The number of nitrogens with zero attached hydrogens (tertiary/aromatic N) is 1. The molecule has 18 heavy (non-hydrogen) atoms. The maximum Gasteiger partial charge on any atom is 0.0955 e. The van der Waals surface area contributed by atoms with Gasteiger partial charge in [0.1, 0.15) is 0 Å². The van der Waals surface area contributed by atoms with Crippen molar-refractivity contribution in [2.75, 3.05) is 13.7 Å². The first kappa shape index (κ1) is 12.1. The molecule has 3 rings (SSSR count). The number of para-hydroxylation sites is 1. The van der Waals surface area contributed by atoms with E-state index in [1.54, 1.807) is 11.3 Å². The Morgan fingerprint density at radius 2 is 2.39 bits per heavy atom. The highest BCUT2D eigenvalue weighted by atomic mass is 32.1. The molecule has 1 aromatic heterocycles. The van der Waals surface area contributed by atoms with Gasteiger partial charge in [0, 0.05) is 19.1 Å². The van der Waals surface area contributed by atoms with Gasteiger partial charge in [-0.05, 0) is 32.0 Å². The molecule has 2 heterocycles. The van der Waals surface area contributed by atoms with Gasteiger partial charge < -0.3 is 10.1 Å². The molecule has 1 N–H and O–H groups in total. The monoisotopic (exact) mass is 262 g/mol. The Balaban J connectivity index is 1.77. The van der Waals surface area contributed by atoms with Gasteiger partial charge in [0.25, 0.3) is 0 Å². The summed E-state index contributed by atoms with van der Waals surface area (Å²) >= 11 is 1.79. The van der Waals surface area contributed by atoms with Crippen molar-refractivity contribution in [2.24, 2.45) is 0 Å². The van der Waals surface area contributed by atoms with Gasteiger partial charge in [-0.15, -0.1) is 11.3 Å². The summed E-state index contributed by atoms with van der Waals surface area (Å²) in [5.41, 5.74) is 1.11. The Morgan fingerprint density at radius 1 is 1.50 bits per heavy atom. The molecule has 2 unspecified atom stereocenters. The lowest BCUT2D eigenvalue weighted by Gasteiger charge is -2.21. The molecule has 1 saturated heterocycles. The second-order valence-corrected chi connectivity index (χ2v) is 5.84. The van der Waals surface area contributed by atoms with Crippen molar-refractivity contribution in [1.29, 1.82) is 0 Å². The van der Waals surface area contributed by atoms with E-state index in [1.165, 1.54) is 16.1 Å². The Bertz CT molecular complexity index is 486. The van der Waals surface area contributed by atoms with Gasteiger partial charge in [0.05, 0.1) is 21.3 Å². The Hall–Kier alpha value is -0.970. The molecule has 1 aliphatic heterocycles. The minimum Gasteiger partial charge on any atom is -0.377 e. The highest BCUT2D eigenvalue weighted by Crippen LogP contribution is 2.25. The fourth-order valence-corrected chi connectivity index (χ4v) is 3.56. The lowest BCUT2D eigenvalue weighted by Crippen LogP contribution is -2.39. The molecular weight excluding hydrogens is 244 g/mol. The Morgan fingerprint density at radius 3 is 3.11 bits per heavy atom. The van der Waals surface area contributed by atoms with Crippen molar-refractivity contribution in [2.45, 2.75) is 31.4 Å². The molecule has 0 saturated carbocycles. The number of hydrogen-bond donors (Lipinski definition) is 1. The van der Waals surface area contributed by atoms with Crippen LogP contribution in [-0.4, -0.2) is 30.8 Å². The summed E-state index contributed by atoms with van der Waals surface area (Å²) in [5, 5.41) is 4.58. The zero-order valence-corrected chi connectivity index (χ0v) is 11.4. The van der Waals surface area contributed by atoms with Crippen molar-refractivity contribution >= 4 is 21.6 Å². The molecule has 1 aromatic carbocycles. The van der Waals surface area contributed by atoms with Crippen LogP contribution in [0.3, 0.4) is 0 Å². The smallest absolute Gasteiger partial charge is 0.0955 e. The molecule has 2 aromatic rings. The number of aromatic nitrogens is 1. The van der Waals surface area contributed by atoms with E-state index in [4.69, 9.17) is 9.72 Å². The first-order valence-electron chi connectivity index (χ1n) is 6.50. The van der Waals surface area contributed by atoms with Crippen molar-refractivity contribution in [3.05, 3.63) is 29.3 Å². The van der Waals surface area contributed by atoms with Gasteiger partial charge in [0.2, 0.25) is 0 Å². The topological polar surface area (TPSA) is 34.2 Å². The maximum absolute atomic E-state index is 5.77. The second-order valence-electron chi connectivity index (χ2n) is 4.73. The Labute approximate surface area is 111 Å². The van der Waals surface area contributed by atoms with Crippen molar-refractivity contribution < 1.29 is 4.74 Å². The summed E-state index contributed by atoms with van der Waals surface area (Å²) in [4.78, 5) is 4.69. The minimum absolute atomic E-state index is 0.349. The SMILES string of the molecule is CNC(Cc1nc2ccccc2s1)C1CCCO1. The first-order valence-corrected chi connectivity index (χ1v) is 7.32.